The minimum absolute atomic E-state index is 0.0295. The van der Waals surface area contributed by atoms with Gasteiger partial charge in [0.1, 0.15) is 6.54 Å². The molecule has 19 heavy (non-hydrogen) atoms. The van der Waals surface area contributed by atoms with Crippen LogP contribution in [0.15, 0.2) is 12.4 Å². The first-order valence-corrected chi connectivity index (χ1v) is 6.09. The van der Waals surface area contributed by atoms with Gasteiger partial charge >= 0.3 is 6.03 Å². The highest BCUT2D eigenvalue weighted by molar-refractivity contribution is 5.89. The van der Waals surface area contributed by atoms with E-state index in [0.29, 0.717) is 18.8 Å². The third-order valence-electron chi connectivity index (χ3n) is 2.89. The Morgan fingerprint density at radius 1 is 1.58 bits per heavy atom. The Labute approximate surface area is 110 Å². The second-order valence-electron chi connectivity index (χ2n) is 4.57. The Morgan fingerprint density at radius 3 is 3.05 bits per heavy atom. The number of urea groups is 1. The number of amides is 3. The highest BCUT2D eigenvalue weighted by atomic mass is 16.3. The molecule has 3 amide bonds. The molecule has 0 aromatic carbocycles. The summed E-state index contributed by atoms with van der Waals surface area (Å²) in [5.41, 5.74) is 5.54. The summed E-state index contributed by atoms with van der Waals surface area (Å²) in [6.07, 6.45) is 4.03. The van der Waals surface area contributed by atoms with E-state index < -0.39 is 12.0 Å². The Balaban J connectivity index is 1.91. The van der Waals surface area contributed by atoms with Gasteiger partial charge in [0.15, 0.2) is 0 Å². The summed E-state index contributed by atoms with van der Waals surface area (Å²) in [5.74, 6) is -0.500. The summed E-state index contributed by atoms with van der Waals surface area (Å²) in [6.45, 7) is 0.928. The molecule has 1 unspecified atom stereocenters. The number of primary amides is 1. The number of hydrogen-bond acceptors (Lipinski definition) is 4. The third kappa shape index (κ3) is 3.68. The van der Waals surface area contributed by atoms with E-state index >= 15 is 0 Å². The van der Waals surface area contributed by atoms with Gasteiger partial charge in [-0.05, 0) is 12.8 Å². The van der Waals surface area contributed by atoms with Crippen LogP contribution in [-0.4, -0.2) is 50.9 Å². The SMILES string of the molecule is NC(=O)Cn1cc(NC(=O)N2CCCC(O)C2)cn1. The van der Waals surface area contributed by atoms with Crippen molar-refractivity contribution in [2.45, 2.75) is 25.5 Å². The summed E-state index contributed by atoms with van der Waals surface area (Å²) >= 11 is 0. The monoisotopic (exact) mass is 267 g/mol. The number of carbonyl (C=O) groups excluding carboxylic acids is 2. The number of aliphatic hydroxyl groups excluding tert-OH is 1. The second kappa shape index (κ2) is 5.70. The maximum absolute atomic E-state index is 11.9. The van der Waals surface area contributed by atoms with Crippen LogP contribution < -0.4 is 11.1 Å². The van der Waals surface area contributed by atoms with Crippen LogP contribution in [-0.2, 0) is 11.3 Å². The van der Waals surface area contributed by atoms with E-state index in [1.165, 1.54) is 17.1 Å². The van der Waals surface area contributed by atoms with Crippen molar-refractivity contribution in [2.75, 3.05) is 18.4 Å². The molecule has 0 spiro atoms. The molecular formula is C11H17N5O3. The standard InChI is InChI=1S/C11H17N5O3/c12-10(18)7-16-5-8(4-13-16)14-11(19)15-3-1-2-9(17)6-15/h4-5,9,17H,1-3,6-7H2,(H2,12,18)(H,14,19). The Morgan fingerprint density at radius 2 is 2.37 bits per heavy atom. The van der Waals surface area contributed by atoms with Crippen molar-refractivity contribution in [1.82, 2.24) is 14.7 Å². The highest BCUT2D eigenvalue weighted by Crippen LogP contribution is 2.12. The number of hydrogen-bond donors (Lipinski definition) is 3. The van der Waals surface area contributed by atoms with Crippen LogP contribution in [0.3, 0.4) is 0 Å². The van der Waals surface area contributed by atoms with Gasteiger partial charge in [-0.1, -0.05) is 0 Å². The minimum Gasteiger partial charge on any atom is -0.391 e. The van der Waals surface area contributed by atoms with Gasteiger partial charge in [0.05, 0.1) is 18.0 Å². The third-order valence-corrected chi connectivity index (χ3v) is 2.89. The minimum atomic E-state index is -0.500. The van der Waals surface area contributed by atoms with Gasteiger partial charge in [-0.3, -0.25) is 9.48 Å². The Kier molecular flexibility index (Phi) is 4.00. The molecule has 8 heteroatoms. The van der Waals surface area contributed by atoms with E-state index in [2.05, 4.69) is 10.4 Å². The predicted molar refractivity (Wildman–Crippen MR) is 67.3 cm³/mol. The Hall–Kier alpha value is -2.09. The maximum atomic E-state index is 11.9. The first-order valence-electron chi connectivity index (χ1n) is 6.09. The second-order valence-corrected chi connectivity index (χ2v) is 4.57. The van der Waals surface area contributed by atoms with Crippen molar-refractivity contribution in [3.63, 3.8) is 0 Å². The lowest BCUT2D eigenvalue weighted by molar-refractivity contribution is -0.118. The lowest BCUT2D eigenvalue weighted by Gasteiger charge is -2.29. The quantitative estimate of drug-likeness (QED) is 0.675. The molecule has 8 nitrogen and oxygen atoms in total. The van der Waals surface area contributed by atoms with Crippen molar-refractivity contribution in [2.24, 2.45) is 5.73 Å². The summed E-state index contributed by atoms with van der Waals surface area (Å²) in [4.78, 5) is 24.2. The van der Waals surface area contributed by atoms with Crippen LogP contribution in [0.1, 0.15) is 12.8 Å². The molecule has 2 heterocycles. The van der Waals surface area contributed by atoms with E-state index in [1.807, 2.05) is 0 Å². The Bertz CT molecular complexity index is 473. The summed E-state index contributed by atoms with van der Waals surface area (Å²) in [5, 5.41) is 16.1. The lowest BCUT2D eigenvalue weighted by Crippen LogP contribution is -2.44. The fourth-order valence-electron chi connectivity index (χ4n) is 2.02. The molecule has 1 saturated heterocycles. The molecule has 0 aliphatic carbocycles. The molecule has 1 aromatic heterocycles. The summed E-state index contributed by atoms with van der Waals surface area (Å²) in [7, 11) is 0. The molecule has 1 aliphatic heterocycles. The maximum Gasteiger partial charge on any atom is 0.322 e. The zero-order valence-corrected chi connectivity index (χ0v) is 10.5. The van der Waals surface area contributed by atoms with E-state index in [-0.39, 0.29) is 12.6 Å². The number of β-amino-alcohol motifs (C(OH)–C–C–N with tert-alkyl or cyclic N) is 1. The molecule has 4 N–H and O–H groups in total. The normalized spacial score (nSPS) is 19.2. The predicted octanol–water partition coefficient (Wildman–Crippen LogP) is -0.643. The van der Waals surface area contributed by atoms with Crippen LogP contribution in [0.2, 0.25) is 0 Å². The van der Waals surface area contributed by atoms with Crippen LogP contribution in [0.4, 0.5) is 10.5 Å². The highest BCUT2D eigenvalue weighted by Gasteiger charge is 2.22. The molecule has 0 radical (unpaired) electrons. The van der Waals surface area contributed by atoms with Gasteiger partial charge in [-0.25, -0.2) is 4.79 Å². The summed E-state index contributed by atoms with van der Waals surface area (Å²) < 4.78 is 1.35. The molecule has 2 rings (SSSR count). The van der Waals surface area contributed by atoms with Crippen molar-refractivity contribution in [1.29, 1.82) is 0 Å². The van der Waals surface area contributed by atoms with Crippen LogP contribution >= 0.6 is 0 Å². The molecular weight excluding hydrogens is 250 g/mol. The molecule has 1 atom stereocenters. The van der Waals surface area contributed by atoms with Gasteiger partial charge in [-0.2, -0.15) is 5.10 Å². The number of rotatable bonds is 3. The van der Waals surface area contributed by atoms with Gasteiger partial charge in [-0.15, -0.1) is 0 Å². The van der Waals surface area contributed by atoms with Crippen molar-refractivity contribution in [3.05, 3.63) is 12.4 Å². The fourth-order valence-corrected chi connectivity index (χ4v) is 2.02. The van der Waals surface area contributed by atoms with Gasteiger partial charge in [0.25, 0.3) is 0 Å². The largest absolute Gasteiger partial charge is 0.391 e. The van der Waals surface area contributed by atoms with Gasteiger partial charge in [0, 0.05) is 19.3 Å². The number of nitrogens with zero attached hydrogens (tertiary/aromatic N) is 3. The zero-order chi connectivity index (χ0) is 13.8. The number of aromatic nitrogens is 2. The molecule has 1 aromatic rings. The number of nitrogens with one attached hydrogen (secondary N) is 1. The van der Waals surface area contributed by atoms with Crippen LogP contribution in [0.25, 0.3) is 0 Å². The van der Waals surface area contributed by atoms with Crippen molar-refractivity contribution in [3.8, 4) is 0 Å². The number of likely N-dealkylation sites (tertiary alicyclic amines) is 1. The van der Waals surface area contributed by atoms with Gasteiger partial charge < -0.3 is 21.1 Å². The van der Waals surface area contributed by atoms with Crippen LogP contribution in [0, 0.1) is 0 Å². The number of nitrogens with two attached hydrogens (primary N) is 1. The molecule has 0 bridgehead atoms. The number of carbonyl (C=O) groups is 2. The van der Waals surface area contributed by atoms with E-state index in [0.717, 1.165) is 12.8 Å². The molecule has 1 fully saturated rings. The summed E-state index contributed by atoms with van der Waals surface area (Å²) in [6, 6.07) is -0.280. The molecule has 104 valence electrons. The van der Waals surface area contributed by atoms with Crippen molar-refractivity contribution >= 4 is 17.6 Å². The van der Waals surface area contributed by atoms with E-state index in [1.54, 1.807) is 4.90 Å². The molecule has 0 saturated carbocycles. The number of anilines is 1. The first kappa shape index (κ1) is 13.3. The average molecular weight is 267 g/mol. The lowest BCUT2D eigenvalue weighted by atomic mass is 10.1. The topological polar surface area (TPSA) is 113 Å². The smallest absolute Gasteiger partial charge is 0.322 e. The first-order chi connectivity index (χ1) is 9.04. The van der Waals surface area contributed by atoms with E-state index in [9.17, 15) is 14.7 Å². The van der Waals surface area contributed by atoms with Crippen LogP contribution in [0.5, 0.6) is 0 Å². The van der Waals surface area contributed by atoms with Gasteiger partial charge in [0.2, 0.25) is 5.91 Å². The number of aliphatic hydroxyl groups is 1. The molecule has 1 aliphatic rings. The zero-order valence-electron chi connectivity index (χ0n) is 10.5. The average Bonchev–Trinajstić information content (AvgIpc) is 2.75. The number of piperidine rings is 1. The fraction of sp³-hybridized carbons (Fsp3) is 0.545. The van der Waals surface area contributed by atoms with E-state index in [4.69, 9.17) is 5.73 Å². The van der Waals surface area contributed by atoms with Crippen molar-refractivity contribution < 1.29 is 14.7 Å².